The Bertz CT molecular complexity index is 334. The minimum Gasteiger partial charge on any atom is -0.438 e. The first kappa shape index (κ1) is 10.2. The second-order valence-electron chi connectivity index (χ2n) is 2.81. The van der Waals surface area contributed by atoms with Crippen LogP contribution in [-0.2, 0) is 4.74 Å². The molecule has 1 atom stereocenters. The summed E-state index contributed by atoms with van der Waals surface area (Å²) in [4.78, 5) is 21.9. The number of benzene rings is 1. The van der Waals surface area contributed by atoms with E-state index in [1.54, 1.807) is 30.3 Å². The summed E-state index contributed by atoms with van der Waals surface area (Å²) in [6.45, 7) is 1.49. The number of hydrogen-bond donors (Lipinski definition) is 1. The average molecular weight is 193 g/mol. The van der Waals surface area contributed by atoms with Gasteiger partial charge >= 0.3 is 6.09 Å². The summed E-state index contributed by atoms with van der Waals surface area (Å²) in [7, 11) is 0. The molecule has 1 amide bonds. The summed E-state index contributed by atoms with van der Waals surface area (Å²) < 4.78 is 4.56. The predicted molar refractivity (Wildman–Crippen MR) is 50.9 cm³/mol. The Hall–Kier alpha value is -1.84. The van der Waals surface area contributed by atoms with Crippen molar-refractivity contribution in [3.05, 3.63) is 35.9 Å². The molecule has 0 aliphatic heterocycles. The van der Waals surface area contributed by atoms with Gasteiger partial charge in [-0.1, -0.05) is 30.3 Å². The first-order valence-corrected chi connectivity index (χ1v) is 4.16. The van der Waals surface area contributed by atoms with Crippen molar-refractivity contribution in [1.29, 1.82) is 0 Å². The lowest BCUT2D eigenvalue weighted by molar-refractivity contribution is 0.0695. The fourth-order valence-electron chi connectivity index (χ4n) is 1.06. The molecule has 0 radical (unpaired) electrons. The first-order valence-electron chi connectivity index (χ1n) is 4.16. The molecular weight excluding hydrogens is 182 g/mol. The van der Waals surface area contributed by atoms with E-state index in [4.69, 9.17) is 5.73 Å². The number of ether oxygens (including phenoxy) is 1. The molecule has 14 heavy (non-hydrogen) atoms. The van der Waals surface area contributed by atoms with Gasteiger partial charge in [0.1, 0.15) is 0 Å². The summed E-state index contributed by atoms with van der Waals surface area (Å²) in [6, 6.07) is 8.59. The molecule has 0 aliphatic rings. The Morgan fingerprint density at radius 3 is 2.36 bits per heavy atom. The van der Waals surface area contributed by atoms with Crippen LogP contribution in [0.2, 0.25) is 0 Å². The maximum absolute atomic E-state index is 11.5. The van der Waals surface area contributed by atoms with Crippen molar-refractivity contribution in [3.63, 3.8) is 0 Å². The Morgan fingerprint density at radius 2 is 1.86 bits per heavy atom. The van der Waals surface area contributed by atoms with E-state index in [-0.39, 0.29) is 5.78 Å². The first-order chi connectivity index (χ1) is 6.61. The second-order valence-corrected chi connectivity index (χ2v) is 2.81. The van der Waals surface area contributed by atoms with Crippen LogP contribution >= 0.6 is 0 Å². The van der Waals surface area contributed by atoms with Crippen molar-refractivity contribution >= 4 is 11.9 Å². The minimum absolute atomic E-state index is 0.260. The van der Waals surface area contributed by atoms with Crippen molar-refractivity contribution in [3.8, 4) is 0 Å². The molecule has 0 fully saturated rings. The highest BCUT2D eigenvalue weighted by atomic mass is 16.6. The van der Waals surface area contributed by atoms with E-state index < -0.39 is 12.2 Å². The van der Waals surface area contributed by atoms with E-state index >= 15 is 0 Å². The Morgan fingerprint density at radius 1 is 1.29 bits per heavy atom. The highest BCUT2D eigenvalue weighted by Crippen LogP contribution is 2.05. The summed E-state index contributed by atoms with van der Waals surface area (Å²) in [5.41, 5.74) is 5.30. The van der Waals surface area contributed by atoms with Crippen molar-refractivity contribution in [2.24, 2.45) is 5.73 Å². The smallest absolute Gasteiger partial charge is 0.405 e. The van der Waals surface area contributed by atoms with Crippen LogP contribution in [0.15, 0.2) is 30.3 Å². The van der Waals surface area contributed by atoms with Gasteiger partial charge in [-0.25, -0.2) is 4.79 Å². The molecule has 4 nitrogen and oxygen atoms in total. The van der Waals surface area contributed by atoms with E-state index in [0.717, 1.165) is 0 Å². The van der Waals surface area contributed by atoms with Crippen molar-refractivity contribution in [2.45, 2.75) is 13.0 Å². The number of hydrogen-bond acceptors (Lipinski definition) is 3. The van der Waals surface area contributed by atoms with E-state index in [9.17, 15) is 9.59 Å². The molecule has 1 aromatic rings. The van der Waals surface area contributed by atoms with Crippen LogP contribution < -0.4 is 5.73 Å². The molecule has 1 aromatic carbocycles. The monoisotopic (exact) mass is 193 g/mol. The highest BCUT2D eigenvalue weighted by molar-refractivity contribution is 5.99. The molecule has 4 heteroatoms. The molecule has 0 saturated carbocycles. The number of primary amides is 1. The molecule has 2 N–H and O–H groups in total. The zero-order chi connectivity index (χ0) is 10.6. The maximum Gasteiger partial charge on any atom is 0.405 e. The summed E-state index contributed by atoms with van der Waals surface area (Å²) in [6.07, 6.45) is -1.78. The van der Waals surface area contributed by atoms with Crippen LogP contribution in [0.1, 0.15) is 17.3 Å². The summed E-state index contributed by atoms with van der Waals surface area (Å²) in [5.74, 6) is -0.260. The fourth-order valence-corrected chi connectivity index (χ4v) is 1.06. The predicted octanol–water partition coefficient (Wildman–Crippen LogP) is 1.35. The van der Waals surface area contributed by atoms with Gasteiger partial charge in [-0.15, -0.1) is 0 Å². The van der Waals surface area contributed by atoms with Gasteiger partial charge in [-0.05, 0) is 6.92 Å². The van der Waals surface area contributed by atoms with Gasteiger partial charge in [-0.2, -0.15) is 0 Å². The third kappa shape index (κ3) is 2.58. The molecule has 0 heterocycles. The zero-order valence-electron chi connectivity index (χ0n) is 7.77. The highest BCUT2D eigenvalue weighted by Gasteiger charge is 2.17. The molecule has 0 spiro atoms. The molecule has 0 aromatic heterocycles. The van der Waals surface area contributed by atoms with Crippen LogP contribution in [0.25, 0.3) is 0 Å². The Kier molecular flexibility index (Phi) is 3.23. The minimum atomic E-state index is -0.943. The fraction of sp³-hybridized carbons (Fsp3) is 0.200. The lowest BCUT2D eigenvalue weighted by Crippen LogP contribution is -2.27. The van der Waals surface area contributed by atoms with Gasteiger partial charge in [-0.3, -0.25) is 4.79 Å². The normalized spacial score (nSPS) is 11.8. The number of amides is 1. The van der Waals surface area contributed by atoms with E-state index in [1.165, 1.54) is 6.92 Å². The van der Waals surface area contributed by atoms with Gasteiger partial charge in [0.25, 0.3) is 0 Å². The van der Waals surface area contributed by atoms with Crippen molar-refractivity contribution in [1.82, 2.24) is 0 Å². The number of Topliss-reactive ketones (excluding diaryl/α,β-unsaturated/α-hetero) is 1. The molecule has 0 aliphatic carbocycles. The molecule has 0 saturated heterocycles. The molecule has 1 unspecified atom stereocenters. The summed E-state index contributed by atoms with van der Waals surface area (Å²) >= 11 is 0. The SMILES string of the molecule is CC(OC(N)=O)C(=O)c1ccccc1. The van der Waals surface area contributed by atoms with Gasteiger partial charge in [0.05, 0.1) is 0 Å². The third-order valence-electron chi connectivity index (χ3n) is 1.72. The molecular formula is C10H11NO3. The van der Waals surface area contributed by atoms with Crippen LogP contribution in [0.5, 0.6) is 0 Å². The maximum atomic E-state index is 11.5. The number of carbonyl (C=O) groups excluding carboxylic acids is 2. The van der Waals surface area contributed by atoms with E-state index in [0.29, 0.717) is 5.56 Å². The van der Waals surface area contributed by atoms with Gasteiger partial charge < -0.3 is 10.5 Å². The topological polar surface area (TPSA) is 69.4 Å². The third-order valence-corrected chi connectivity index (χ3v) is 1.72. The van der Waals surface area contributed by atoms with Crippen LogP contribution in [-0.4, -0.2) is 18.0 Å². The van der Waals surface area contributed by atoms with Crippen LogP contribution in [0.3, 0.4) is 0 Å². The number of ketones is 1. The molecule has 1 rings (SSSR count). The number of nitrogens with two attached hydrogens (primary N) is 1. The lowest BCUT2D eigenvalue weighted by Gasteiger charge is -2.09. The molecule has 0 bridgehead atoms. The van der Waals surface area contributed by atoms with Gasteiger partial charge in [0.2, 0.25) is 5.78 Å². The summed E-state index contributed by atoms with van der Waals surface area (Å²) in [5, 5.41) is 0. The Balaban J connectivity index is 2.71. The lowest BCUT2D eigenvalue weighted by atomic mass is 10.1. The van der Waals surface area contributed by atoms with E-state index in [2.05, 4.69) is 4.74 Å². The van der Waals surface area contributed by atoms with Crippen molar-refractivity contribution in [2.75, 3.05) is 0 Å². The second kappa shape index (κ2) is 4.41. The quantitative estimate of drug-likeness (QED) is 0.736. The molecule has 74 valence electrons. The zero-order valence-corrected chi connectivity index (χ0v) is 7.77. The number of carbonyl (C=O) groups is 2. The van der Waals surface area contributed by atoms with Crippen LogP contribution in [0.4, 0.5) is 4.79 Å². The largest absolute Gasteiger partial charge is 0.438 e. The van der Waals surface area contributed by atoms with Gasteiger partial charge in [0.15, 0.2) is 6.10 Å². The average Bonchev–Trinajstić information content (AvgIpc) is 2.17. The standard InChI is InChI=1S/C10H11NO3/c1-7(14-10(11)13)9(12)8-5-3-2-4-6-8/h2-7H,1H3,(H2,11,13). The van der Waals surface area contributed by atoms with Gasteiger partial charge in [0, 0.05) is 5.56 Å². The number of rotatable bonds is 3. The van der Waals surface area contributed by atoms with Crippen LogP contribution in [0, 0.1) is 0 Å². The Labute approximate surface area is 81.7 Å². The van der Waals surface area contributed by atoms with Crippen molar-refractivity contribution < 1.29 is 14.3 Å². The van der Waals surface area contributed by atoms with E-state index in [1.807, 2.05) is 0 Å².